The molecule has 0 saturated heterocycles. The van der Waals surface area contributed by atoms with E-state index in [0.29, 0.717) is 6.54 Å². The van der Waals surface area contributed by atoms with Crippen LogP contribution in [0.25, 0.3) is 0 Å². The average Bonchev–Trinajstić information content (AvgIpc) is 2.46. The van der Waals surface area contributed by atoms with Crippen molar-refractivity contribution in [3.05, 3.63) is 59.7 Å². The smallest absolute Gasteiger partial charge is 0.0606 e. The fraction of sp³-hybridized carbons (Fsp3) is 0.294. The number of benzene rings is 2. The number of aryl methyl sites for hydroxylation is 1. The Morgan fingerprint density at radius 1 is 1.10 bits per heavy atom. The third kappa shape index (κ3) is 4.00. The standard InChI is InChI=1S/C17H22N2O/c1-14-4-3-5-15(12-14)13-18-16-6-8-17(9-7-16)19(2)10-11-20/h3-9,12,18,20H,10-11,13H2,1-2H3. The molecule has 2 aromatic carbocycles. The highest BCUT2D eigenvalue weighted by Gasteiger charge is 2.00. The molecule has 0 aliphatic carbocycles. The maximum atomic E-state index is 8.93. The lowest BCUT2D eigenvalue weighted by molar-refractivity contribution is 0.304. The number of nitrogens with one attached hydrogen (secondary N) is 1. The molecule has 0 radical (unpaired) electrons. The third-order valence-corrected chi connectivity index (χ3v) is 3.32. The zero-order valence-corrected chi connectivity index (χ0v) is 12.1. The lowest BCUT2D eigenvalue weighted by atomic mass is 10.1. The van der Waals surface area contributed by atoms with E-state index in [4.69, 9.17) is 5.11 Å². The van der Waals surface area contributed by atoms with Crippen molar-refractivity contribution >= 4 is 11.4 Å². The minimum Gasteiger partial charge on any atom is -0.395 e. The molecule has 0 unspecified atom stereocenters. The Hall–Kier alpha value is -2.00. The number of nitrogens with zero attached hydrogens (tertiary/aromatic N) is 1. The van der Waals surface area contributed by atoms with Gasteiger partial charge in [0.05, 0.1) is 6.61 Å². The predicted octanol–water partition coefficient (Wildman–Crippen LogP) is 3.04. The van der Waals surface area contributed by atoms with Gasteiger partial charge in [0.25, 0.3) is 0 Å². The molecule has 3 heteroatoms. The third-order valence-electron chi connectivity index (χ3n) is 3.32. The van der Waals surface area contributed by atoms with E-state index in [1.54, 1.807) is 0 Å². The van der Waals surface area contributed by atoms with Crippen LogP contribution in [0.3, 0.4) is 0 Å². The molecule has 0 spiro atoms. The summed E-state index contributed by atoms with van der Waals surface area (Å²) in [5.74, 6) is 0. The first-order valence-electron chi connectivity index (χ1n) is 6.90. The monoisotopic (exact) mass is 270 g/mol. The number of likely N-dealkylation sites (N-methyl/N-ethyl adjacent to an activating group) is 1. The first-order chi connectivity index (χ1) is 9.69. The molecular formula is C17H22N2O. The van der Waals surface area contributed by atoms with Gasteiger partial charge in [0.2, 0.25) is 0 Å². The number of aliphatic hydroxyl groups excluding tert-OH is 1. The van der Waals surface area contributed by atoms with Crippen LogP contribution in [0.1, 0.15) is 11.1 Å². The van der Waals surface area contributed by atoms with Crippen molar-refractivity contribution in [2.75, 3.05) is 30.4 Å². The Morgan fingerprint density at radius 2 is 1.85 bits per heavy atom. The number of anilines is 2. The van der Waals surface area contributed by atoms with Gasteiger partial charge in [-0.25, -0.2) is 0 Å². The summed E-state index contributed by atoms with van der Waals surface area (Å²) < 4.78 is 0. The van der Waals surface area contributed by atoms with Crippen molar-refractivity contribution in [1.29, 1.82) is 0 Å². The van der Waals surface area contributed by atoms with Gasteiger partial charge in [-0.15, -0.1) is 0 Å². The molecule has 0 saturated carbocycles. The van der Waals surface area contributed by atoms with E-state index in [0.717, 1.165) is 17.9 Å². The quantitative estimate of drug-likeness (QED) is 0.847. The van der Waals surface area contributed by atoms with Gasteiger partial charge >= 0.3 is 0 Å². The maximum Gasteiger partial charge on any atom is 0.0606 e. The molecular weight excluding hydrogens is 248 g/mol. The SMILES string of the molecule is Cc1cccc(CNc2ccc(N(C)CCO)cc2)c1. The van der Waals surface area contributed by atoms with E-state index < -0.39 is 0 Å². The molecule has 20 heavy (non-hydrogen) atoms. The van der Waals surface area contributed by atoms with Crippen LogP contribution in [0, 0.1) is 6.92 Å². The summed E-state index contributed by atoms with van der Waals surface area (Å²) in [5, 5.41) is 12.3. The summed E-state index contributed by atoms with van der Waals surface area (Å²) in [6, 6.07) is 16.8. The number of hydrogen-bond donors (Lipinski definition) is 2. The Labute approximate surface area is 120 Å². The Kier molecular flexibility index (Phi) is 5.02. The van der Waals surface area contributed by atoms with Crippen molar-refractivity contribution in [2.24, 2.45) is 0 Å². The van der Waals surface area contributed by atoms with Crippen molar-refractivity contribution < 1.29 is 5.11 Å². The van der Waals surface area contributed by atoms with E-state index in [2.05, 4.69) is 60.8 Å². The van der Waals surface area contributed by atoms with Gasteiger partial charge < -0.3 is 15.3 Å². The highest BCUT2D eigenvalue weighted by atomic mass is 16.3. The van der Waals surface area contributed by atoms with Crippen LogP contribution >= 0.6 is 0 Å². The summed E-state index contributed by atoms with van der Waals surface area (Å²) in [7, 11) is 1.98. The summed E-state index contributed by atoms with van der Waals surface area (Å²) in [6.07, 6.45) is 0. The normalized spacial score (nSPS) is 10.3. The molecule has 0 fully saturated rings. The Morgan fingerprint density at radius 3 is 2.50 bits per heavy atom. The predicted molar refractivity (Wildman–Crippen MR) is 85.3 cm³/mol. The van der Waals surface area contributed by atoms with Gasteiger partial charge in [-0.3, -0.25) is 0 Å². The van der Waals surface area contributed by atoms with E-state index in [1.807, 2.05) is 11.9 Å². The molecule has 0 amide bonds. The van der Waals surface area contributed by atoms with Crippen LogP contribution in [0.4, 0.5) is 11.4 Å². The largest absolute Gasteiger partial charge is 0.395 e. The van der Waals surface area contributed by atoms with E-state index in [1.165, 1.54) is 11.1 Å². The van der Waals surface area contributed by atoms with Gasteiger partial charge in [0.1, 0.15) is 0 Å². The molecule has 2 aromatic rings. The topological polar surface area (TPSA) is 35.5 Å². The molecule has 2 rings (SSSR count). The number of aliphatic hydroxyl groups is 1. The van der Waals surface area contributed by atoms with Crippen molar-refractivity contribution in [3.63, 3.8) is 0 Å². The summed E-state index contributed by atoms with van der Waals surface area (Å²) in [5.41, 5.74) is 4.78. The van der Waals surface area contributed by atoms with Gasteiger partial charge in [-0.2, -0.15) is 0 Å². The van der Waals surface area contributed by atoms with Crippen LogP contribution in [0.15, 0.2) is 48.5 Å². The molecule has 0 bridgehead atoms. The highest BCUT2D eigenvalue weighted by molar-refractivity contribution is 5.54. The second-order valence-corrected chi connectivity index (χ2v) is 5.03. The lowest BCUT2D eigenvalue weighted by Gasteiger charge is -2.18. The van der Waals surface area contributed by atoms with Gasteiger partial charge in [0.15, 0.2) is 0 Å². The van der Waals surface area contributed by atoms with Gasteiger partial charge in [-0.05, 0) is 36.8 Å². The molecule has 0 atom stereocenters. The Balaban J connectivity index is 1.94. The molecule has 0 aliphatic heterocycles. The second-order valence-electron chi connectivity index (χ2n) is 5.03. The number of rotatable bonds is 6. The Bertz CT molecular complexity index is 537. The van der Waals surface area contributed by atoms with Gasteiger partial charge in [0, 0.05) is 31.5 Å². The minimum atomic E-state index is 0.170. The highest BCUT2D eigenvalue weighted by Crippen LogP contribution is 2.17. The lowest BCUT2D eigenvalue weighted by Crippen LogP contribution is -2.20. The zero-order chi connectivity index (χ0) is 14.4. The van der Waals surface area contributed by atoms with Crippen molar-refractivity contribution in [1.82, 2.24) is 0 Å². The fourth-order valence-electron chi connectivity index (χ4n) is 2.14. The zero-order valence-electron chi connectivity index (χ0n) is 12.1. The number of hydrogen-bond acceptors (Lipinski definition) is 3. The van der Waals surface area contributed by atoms with E-state index >= 15 is 0 Å². The van der Waals surface area contributed by atoms with Crippen LogP contribution in [0.2, 0.25) is 0 Å². The van der Waals surface area contributed by atoms with Crippen molar-refractivity contribution in [2.45, 2.75) is 13.5 Å². The molecule has 3 nitrogen and oxygen atoms in total. The molecule has 2 N–H and O–H groups in total. The van der Waals surface area contributed by atoms with E-state index in [-0.39, 0.29) is 6.61 Å². The maximum absolute atomic E-state index is 8.93. The van der Waals surface area contributed by atoms with Crippen LogP contribution in [0.5, 0.6) is 0 Å². The molecule has 106 valence electrons. The summed E-state index contributed by atoms with van der Waals surface area (Å²) in [6.45, 7) is 3.75. The first-order valence-corrected chi connectivity index (χ1v) is 6.90. The first kappa shape index (κ1) is 14.4. The molecule has 0 aliphatic rings. The summed E-state index contributed by atoms with van der Waals surface area (Å²) in [4.78, 5) is 2.03. The fourth-order valence-corrected chi connectivity index (χ4v) is 2.14. The summed E-state index contributed by atoms with van der Waals surface area (Å²) >= 11 is 0. The molecule has 0 heterocycles. The van der Waals surface area contributed by atoms with Crippen LogP contribution in [-0.2, 0) is 6.54 Å². The van der Waals surface area contributed by atoms with Crippen molar-refractivity contribution in [3.8, 4) is 0 Å². The minimum absolute atomic E-state index is 0.170. The van der Waals surface area contributed by atoms with E-state index in [9.17, 15) is 0 Å². The average molecular weight is 270 g/mol. The molecule has 0 aromatic heterocycles. The van der Waals surface area contributed by atoms with Crippen LogP contribution < -0.4 is 10.2 Å². The van der Waals surface area contributed by atoms with Crippen LogP contribution in [-0.4, -0.2) is 25.3 Å². The second kappa shape index (κ2) is 6.96. The van der Waals surface area contributed by atoms with Gasteiger partial charge in [-0.1, -0.05) is 29.8 Å².